The number of hydrogen-bond donors (Lipinski definition) is 1. The van der Waals surface area contributed by atoms with Crippen LogP contribution in [0.5, 0.6) is 17.2 Å². The van der Waals surface area contributed by atoms with Crippen molar-refractivity contribution in [3.63, 3.8) is 0 Å². The molecule has 0 saturated heterocycles. The Labute approximate surface area is 279 Å². The summed E-state index contributed by atoms with van der Waals surface area (Å²) in [4.78, 5) is 1.94. The van der Waals surface area contributed by atoms with Crippen molar-refractivity contribution in [2.45, 2.75) is 17.1 Å². The summed E-state index contributed by atoms with van der Waals surface area (Å²) >= 11 is 0.923. The van der Waals surface area contributed by atoms with Crippen LogP contribution in [0.3, 0.4) is 0 Å². The highest BCUT2D eigenvalue weighted by molar-refractivity contribution is 7.92. The van der Waals surface area contributed by atoms with Crippen molar-refractivity contribution >= 4 is 39.0 Å². The van der Waals surface area contributed by atoms with Crippen molar-refractivity contribution in [3.05, 3.63) is 83.4 Å². The minimum Gasteiger partial charge on any atom is -0.492 e. The molecule has 1 heterocycles. The lowest BCUT2D eigenvalue weighted by atomic mass is 10.2. The number of nitriles is 4. The number of benzene rings is 3. The highest BCUT2D eigenvalue weighted by Crippen LogP contribution is 2.48. The largest absolute Gasteiger partial charge is 0.492 e. The van der Waals surface area contributed by atoms with Crippen LogP contribution in [0.2, 0.25) is 0 Å². The first-order valence-corrected chi connectivity index (χ1v) is 18.0. The number of halogens is 2. The Bertz CT molecular complexity index is 2050. The second-order valence-electron chi connectivity index (χ2n) is 9.88. The van der Waals surface area contributed by atoms with E-state index in [0.29, 0.717) is 48.3 Å². The number of nitrogens with zero attached hydrogens (tertiary/aromatic N) is 5. The summed E-state index contributed by atoms with van der Waals surface area (Å²) in [5.74, 6) is -2.22. The van der Waals surface area contributed by atoms with Gasteiger partial charge in [0.15, 0.2) is 0 Å². The second kappa shape index (κ2) is 16.2. The predicted molar refractivity (Wildman–Crippen MR) is 171 cm³/mol. The molecule has 0 aliphatic rings. The van der Waals surface area contributed by atoms with Gasteiger partial charge in [-0.05, 0) is 53.9 Å². The Morgan fingerprint density at radius 2 is 1.35 bits per heavy atom. The fraction of sp³-hybridized carbons (Fsp3) is 0.226. The quantitative estimate of drug-likeness (QED) is 0.134. The lowest BCUT2D eigenvalue weighted by Gasteiger charge is -2.20. The van der Waals surface area contributed by atoms with Crippen LogP contribution in [0.15, 0.2) is 64.9 Å². The summed E-state index contributed by atoms with van der Waals surface area (Å²) < 4.78 is 88.3. The lowest BCUT2D eigenvalue weighted by molar-refractivity contribution is 0.214. The van der Waals surface area contributed by atoms with Crippen LogP contribution in [0.25, 0.3) is 10.1 Å². The summed E-state index contributed by atoms with van der Waals surface area (Å²) in [6, 6.07) is 19.7. The van der Waals surface area contributed by atoms with E-state index in [2.05, 4.69) is 16.9 Å². The van der Waals surface area contributed by atoms with Gasteiger partial charge in [0.2, 0.25) is 0 Å². The molecule has 0 atom stereocenters. The van der Waals surface area contributed by atoms with Gasteiger partial charge in [0.05, 0.1) is 23.3 Å². The molecule has 246 valence electrons. The van der Waals surface area contributed by atoms with Crippen molar-refractivity contribution in [3.8, 4) is 41.5 Å². The van der Waals surface area contributed by atoms with Crippen LogP contribution in [0.1, 0.15) is 24.0 Å². The van der Waals surface area contributed by atoms with E-state index in [4.69, 9.17) is 34.8 Å². The summed E-state index contributed by atoms with van der Waals surface area (Å²) in [5.41, 5.74) is -0.640. The van der Waals surface area contributed by atoms with Crippen molar-refractivity contribution in [1.29, 1.82) is 21.0 Å². The van der Waals surface area contributed by atoms with E-state index in [1.807, 2.05) is 4.90 Å². The average molecular weight is 711 g/mol. The van der Waals surface area contributed by atoms with E-state index < -0.39 is 35.5 Å². The number of hydrogen-bond acceptors (Lipinski definition) is 12. The first kappa shape index (κ1) is 35.8. The number of fused-ring (bicyclic) bond motifs is 1. The zero-order valence-electron chi connectivity index (χ0n) is 24.9. The van der Waals surface area contributed by atoms with Crippen LogP contribution < -0.4 is 18.5 Å². The highest BCUT2D eigenvalue weighted by Gasteiger charge is 2.32. The fourth-order valence-electron chi connectivity index (χ4n) is 4.19. The maximum absolute atomic E-state index is 14.3. The van der Waals surface area contributed by atoms with Gasteiger partial charge in [-0.2, -0.15) is 25.8 Å². The summed E-state index contributed by atoms with van der Waals surface area (Å²) in [5, 5.41) is 36.2. The highest BCUT2D eigenvalue weighted by atomic mass is 32.2. The maximum atomic E-state index is 14.3. The fourth-order valence-corrected chi connectivity index (χ4v) is 8.62. The Morgan fingerprint density at radius 3 is 1.88 bits per heavy atom. The summed E-state index contributed by atoms with van der Waals surface area (Å²) in [6.07, 6.45) is -0.337. The Morgan fingerprint density at radius 1 is 0.792 bits per heavy atom. The molecule has 3 aromatic carbocycles. The number of ether oxygens (including phenoxy) is 1. The number of sulfonamides is 1. The van der Waals surface area contributed by atoms with E-state index in [1.54, 1.807) is 30.3 Å². The average Bonchev–Trinajstić information content (AvgIpc) is 3.50. The molecule has 0 fully saturated rings. The van der Waals surface area contributed by atoms with Crippen LogP contribution in [-0.4, -0.2) is 45.8 Å². The monoisotopic (exact) mass is 710 g/mol. The summed E-state index contributed by atoms with van der Waals surface area (Å²) in [6.45, 7) is 1.73. The first-order chi connectivity index (χ1) is 23.0. The van der Waals surface area contributed by atoms with E-state index in [9.17, 15) is 21.8 Å². The molecule has 0 amide bonds. The number of thiophene rings is 1. The van der Waals surface area contributed by atoms with Crippen LogP contribution in [-0.2, 0) is 14.6 Å². The number of rotatable bonds is 16. The molecular weight excluding hydrogens is 685 g/mol. The van der Waals surface area contributed by atoms with Crippen molar-refractivity contribution in [2.75, 3.05) is 32.5 Å². The van der Waals surface area contributed by atoms with Crippen molar-refractivity contribution < 1.29 is 35.5 Å². The first-order valence-electron chi connectivity index (χ1n) is 14.0. The molecule has 0 unspecified atom stereocenters. The second-order valence-corrected chi connectivity index (χ2v) is 14.9. The molecule has 1 aromatic heterocycles. The Kier molecular flexibility index (Phi) is 12.1. The molecule has 0 spiro atoms. The van der Waals surface area contributed by atoms with Gasteiger partial charge >= 0.3 is 7.60 Å². The topological polar surface area (TPSA) is 189 Å². The van der Waals surface area contributed by atoms with E-state index in [-0.39, 0.29) is 33.4 Å². The Hall–Kier alpha value is -5.06. The van der Waals surface area contributed by atoms with Crippen LogP contribution in [0.4, 0.5) is 8.78 Å². The molecule has 4 rings (SSSR count). The smallest absolute Gasteiger partial charge is 0.445 e. The van der Waals surface area contributed by atoms with Crippen LogP contribution >= 0.6 is 18.9 Å². The van der Waals surface area contributed by atoms with Gasteiger partial charge in [0, 0.05) is 49.3 Å². The predicted octanol–water partition coefficient (Wildman–Crippen LogP) is 6.02. The van der Waals surface area contributed by atoms with E-state index >= 15 is 0 Å². The zero-order valence-corrected chi connectivity index (χ0v) is 27.5. The molecule has 48 heavy (non-hydrogen) atoms. The molecule has 1 N–H and O–H groups in total. The third kappa shape index (κ3) is 9.49. The standard InChI is InChI=1S/C31H25F2N6O6PS2/c32-28-17-26(5-3-22(28)19-36)44-46(40,45-27-6-4-23(20-37)29(33)18-27)21-38-48(41,42)31-16-24-15-25(7-8-30(24)47-31)43-14-13-39(11-1-9-34)12-2-10-35/h3-8,15-18,38H,1-2,11-14,21H2. The van der Waals surface area contributed by atoms with Crippen molar-refractivity contribution in [2.24, 2.45) is 0 Å². The Balaban J connectivity index is 1.51. The van der Waals surface area contributed by atoms with Gasteiger partial charge in [0.25, 0.3) is 10.0 Å². The van der Waals surface area contributed by atoms with Gasteiger partial charge in [0.1, 0.15) is 58.1 Å². The van der Waals surface area contributed by atoms with Gasteiger partial charge in [-0.25, -0.2) is 21.8 Å². The zero-order chi connectivity index (χ0) is 34.7. The molecule has 4 aromatic rings. The molecular formula is C31H25F2N6O6PS2. The van der Waals surface area contributed by atoms with Gasteiger partial charge in [-0.15, -0.1) is 11.3 Å². The molecule has 17 heteroatoms. The van der Waals surface area contributed by atoms with E-state index in [0.717, 1.165) is 47.7 Å². The van der Waals surface area contributed by atoms with Crippen molar-refractivity contribution in [1.82, 2.24) is 9.62 Å². The SMILES string of the molecule is N#CCCN(CCC#N)CCOc1ccc2sc(S(=O)(=O)NCP(=O)(Oc3ccc(C#N)c(F)c3)Oc3ccc(C#N)c(F)c3)cc2c1. The minimum absolute atomic E-state index is 0.144. The normalized spacial score (nSPS) is 11.3. The molecule has 0 radical (unpaired) electrons. The third-order valence-electron chi connectivity index (χ3n) is 6.55. The third-order valence-corrected chi connectivity index (χ3v) is 11.3. The molecule has 0 aliphatic heterocycles. The minimum atomic E-state index is -4.59. The number of nitrogens with one attached hydrogen (secondary N) is 1. The van der Waals surface area contributed by atoms with Gasteiger partial charge in [-0.3, -0.25) is 4.90 Å². The maximum Gasteiger partial charge on any atom is 0.445 e. The molecule has 0 aliphatic carbocycles. The molecule has 0 saturated carbocycles. The van der Waals surface area contributed by atoms with Gasteiger partial charge in [-0.1, -0.05) is 0 Å². The van der Waals surface area contributed by atoms with Gasteiger partial charge < -0.3 is 13.8 Å². The molecule has 0 bridgehead atoms. The lowest BCUT2D eigenvalue weighted by Crippen LogP contribution is -2.30. The van der Waals surface area contributed by atoms with Crippen LogP contribution in [0, 0.1) is 57.0 Å². The summed E-state index contributed by atoms with van der Waals surface area (Å²) in [7, 11) is -8.92. The molecule has 12 nitrogen and oxygen atoms in total. The van der Waals surface area contributed by atoms with E-state index in [1.165, 1.54) is 6.07 Å².